The lowest BCUT2D eigenvalue weighted by Crippen LogP contribution is -2.53. The van der Waals surface area contributed by atoms with E-state index in [1.165, 1.54) is 6.42 Å². The molecule has 3 nitrogen and oxygen atoms in total. The third kappa shape index (κ3) is 1.97. The van der Waals surface area contributed by atoms with E-state index in [9.17, 15) is 4.79 Å². The molecule has 2 rings (SSSR count). The second-order valence-corrected chi connectivity index (χ2v) is 6.60. The highest BCUT2D eigenvalue weighted by molar-refractivity contribution is 5.84. The zero-order valence-electron chi connectivity index (χ0n) is 10.7. The molecule has 16 heavy (non-hydrogen) atoms. The molecule has 3 heteroatoms. The third-order valence-electron chi connectivity index (χ3n) is 4.58. The summed E-state index contributed by atoms with van der Waals surface area (Å²) < 4.78 is 0. The summed E-state index contributed by atoms with van der Waals surface area (Å²) >= 11 is 0. The van der Waals surface area contributed by atoms with Crippen molar-refractivity contribution in [3.8, 4) is 0 Å². The Morgan fingerprint density at radius 1 is 1.38 bits per heavy atom. The lowest BCUT2D eigenvalue weighted by molar-refractivity contribution is -0.138. The summed E-state index contributed by atoms with van der Waals surface area (Å²) in [7, 11) is 0. The largest absolute Gasteiger partial charge is 0.355 e. The van der Waals surface area contributed by atoms with Crippen LogP contribution in [0.15, 0.2) is 0 Å². The Hall–Kier alpha value is -0.570. The second-order valence-electron chi connectivity index (χ2n) is 6.60. The Kier molecular flexibility index (Phi) is 2.77. The molecule has 0 aliphatic heterocycles. The normalized spacial score (nSPS) is 40.0. The molecule has 1 unspecified atom stereocenters. The van der Waals surface area contributed by atoms with Crippen LogP contribution in [0.1, 0.15) is 40.0 Å². The number of nitrogens with one attached hydrogen (secondary N) is 1. The molecule has 0 aromatic rings. The summed E-state index contributed by atoms with van der Waals surface area (Å²) in [5.41, 5.74) is 5.95. The Morgan fingerprint density at radius 2 is 1.94 bits per heavy atom. The molecular formula is C13H24N2O. The Morgan fingerprint density at radius 3 is 2.31 bits per heavy atom. The summed E-state index contributed by atoms with van der Waals surface area (Å²) in [5, 5.41) is 3.10. The van der Waals surface area contributed by atoms with Crippen molar-refractivity contribution in [3.63, 3.8) is 0 Å². The average Bonchev–Trinajstić information content (AvgIpc) is 2.77. The van der Waals surface area contributed by atoms with Crippen molar-refractivity contribution >= 4 is 5.91 Å². The van der Waals surface area contributed by atoms with Crippen molar-refractivity contribution in [1.82, 2.24) is 5.32 Å². The van der Waals surface area contributed by atoms with E-state index in [0.717, 1.165) is 19.4 Å². The third-order valence-corrected chi connectivity index (χ3v) is 4.58. The first-order chi connectivity index (χ1) is 7.39. The second kappa shape index (κ2) is 3.73. The average molecular weight is 224 g/mol. The van der Waals surface area contributed by atoms with Gasteiger partial charge in [-0.2, -0.15) is 0 Å². The molecule has 3 N–H and O–H groups in total. The molecule has 1 amide bonds. The molecule has 0 bridgehead atoms. The van der Waals surface area contributed by atoms with Crippen molar-refractivity contribution in [1.29, 1.82) is 0 Å². The SMILES string of the molecule is CC1CC(CN)(C(=O)NCC2CC2(C)C)C1. The molecule has 0 saturated heterocycles. The topological polar surface area (TPSA) is 55.1 Å². The molecule has 0 aromatic heterocycles. The molecule has 0 aromatic carbocycles. The maximum Gasteiger partial charge on any atom is 0.227 e. The molecule has 2 aliphatic carbocycles. The van der Waals surface area contributed by atoms with E-state index in [2.05, 4.69) is 26.1 Å². The van der Waals surface area contributed by atoms with Gasteiger partial charge in [0, 0.05) is 13.1 Å². The fourth-order valence-electron chi connectivity index (χ4n) is 3.05. The van der Waals surface area contributed by atoms with Gasteiger partial charge in [0.25, 0.3) is 0 Å². The van der Waals surface area contributed by atoms with Gasteiger partial charge in [-0.1, -0.05) is 20.8 Å². The number of carbonyl (C=O) groups excluding carboxylic acids is 1. The van der Waals surface area contributed by atoms with Gasteiger partial charge in [-0.15, -0.1) is 0 Å². The van der Waals surface area contributed by atoms with E-state index in [-0.39, 0.29) is 11.3 Å². The summed E-state index contributed by atoms with van der Waals surface area (Å²) in [6.45, 7) is 8.03. The highest BCUT2D eigenvalue weighted by Gasteiger charge is 2.49. The van der Waals surface area contributed by atoms with Crippen molar-refractivity contribution in [2.45, 2.75) is 40.0 Å². The van der Waals surface area contributed by atoms with E-state index in [4.69, 9.17) is 5.73 Å². The minimum absolute atomic E-state index is 0.191. The number of hydrogen-bond acceptors (Lipinski definition) is 2. The van der Waals surface area contributed by atoms with Crippen molar-refractivity contribution < 1.29 is 4.79 Å². The van der Waals surface area contributed by atoms with E-state index in [1.54, 1.807) is 0 Å². The molecule has 2 fully saturated rings. The summed E-state index contributed by atoms with van der Waals surface area (Å²) in [4.78, 5) is 12.1. The van der Waals surface area contributed by atoms with Crippen molar-refractivity contribution in [3.05, 3.63) is 0 Å². The van der Waals surface area contributed by atoms with Crippen LogP contribution in [0.2, 0.25) is 0 Å². The Labute approximate surface area is 98.2 Å². The van der Waals surface area contributed by atoms with Gasteiger partial charge in [-0.05, 0) is 36.5 Å². The minimum Gasteiger partial charge on any atom is -0.355 e. The maximum atomic E-state index is 12.1. The van der Waals surface area contributed by atoms with E-state index in [1.807, 2.05) is 0 Å². The lowest BCUT2D eigenvalue weighted by atomic mass is 9.62. The van der Waals surface area contributed by atoms with Gasteiger partial charge in [0.2, 0.25) is 5.91 Å². The van der Waals surface area contributed by atoms with Crippen LogP contribution in [0.3, 0.4) is 0 Å². The van der Waals surface area contributed by atoms with Gasteiger partial charge in [0.15, 0.2) is 0 Å². The highest BCUT2D eigenvalue weighted by atomic mass is 16.2. The van der Waals surface area contributed by atoms with E-state index >= 15 is 0 Å². The van der Waals surface area contributed by atoms with Gasteiger partial charge in [-0.3, -0.25) is 4.79 Å². The highest BCUT2D eigenvalue weighted by Crippen LogP contribution is 2.51. The van der Waals surface area contributed by atoms with E-state index in [0.29, 0.717) is 23.8 Å². The first-order valence-electron chi connectivity index (χ1n) is 6.38. The summed E-state index contributed by atoms with van der Waals surface area (Å²) in [6.07, 6.45) is 3.16. The van der Waals surface area contributed by atoms with Gasteiger partial charge < -0.3 is 11.1 Å². The number of amides is 1. The molecule has 2 aliphatic rings. The lowest BCUT2D eigenvalue weighted by Gasteiger charge is -2.44. The Bertz CT molecular complexity index is 292. The molecule has 2 saturated carbocycles. The Balaban J connectivity index is 1.79. The maximum absolute atomic E-state index is 12.1. The fraction of sp³-hybridized carbons (Fsp3) is 0.923. The smallest absolute Gasteiger partial charge is 0.227 e. The van der Waals surface area contributed by atoms with Crippen LogP contribution in [0, 0.1) is 22.7 Å². The molecule has 1 atom stereocenters. The quantitative estimate of drug-likeness (QED) is 0.761. The molecule has 92 valence electrons. The van der Waals surface area contributed by atoms with Crippen LogP contribution < -0.4 is 11.1 Å². The molecule has 0 radical (unpaired) electrons. The predicted octanol–water partition coefficient (Wildman–Crippen LogP) is 1.52. The van der Waals surface area contributed by atoms with E-state index < -0.39 is 0 Å². The standard InChI is InChI=1S/C13H24N2O/c1-9-4-13(5-9,8-14)11(16)15-7-10-6-12(10,2)3/h9-10H,4-8,14H2,1-3H3,(H,15,16). The van der Waals surface area contributed by atoms with Crippen LogP contribution in [0.4, 0.5) is 0 Å². The van der Waals surface area contributed by atoms with Crippen LogP contribution in [0.5, 0.6) is 0 Å². The van der Waals surface area contributed by atoms with Crippen LogP contribution in [0.25, 0.3) is 0 Å². The summed E-state index contributed by atoms with van der Waals surface area (Å²) in [5.74, 6) is 1.52. The van der Waals surface area contributed by atoms with Crippen LogP contribution in [-0.4, -0.2) is 19.0 Å². The van der Waals surface area contributed by atoms with Crippen molar-refractivity contribution in [2.75, 3.05) is 13.1 Å². The number of nitrogens with two attached hydrogens (primary N) is 1. The van der Waals surface area contributed by atoms with Crippen LogP contribution in [-0.2, 0) is 4.79 Å². The monoisotopic (exact) mass is 224 g/mol. The summed E-state index contributed by atoms with van der Waals surface area (Å²) in [6, 6.07) is 0. The zero-order chi connectivity index (χ0) is 12.0. The number of rotatable bonds is 4. The zero-order valence-corrected chi connectivity index (χ0v) is 10.7. The van der Waals surface area contributed by atoms with Gasteiger partial charge in [0.05, 0.1) is 5.41 Å². The molecule has 0 heterocycles. The van der Waals surface area contributed by atoms with Crippen molar-refractivity contribution in [2.24, 2.45) is 28.4 Å². The van der Waals surface area contributed by atoms with Gasteiger partial charge in [-0.25, -0.2) is 0 Å². The number of hydrogen-bond donors (Lipinski definition) is 2. The minimum atomic E-state index is -0.238. The molecular weight excluding hydrogens is 200 g/mol. The van der Waals surface area contributed by atoms with Gasteiger partial charge in [0.1, 0.15) is 0 Å². The van der Waals surface area contributed by atoms with Gasteiger partial charge >= 0.3 is 0 Å². The predicted molar refractivity (Wildman–Crippen MR) is 64.8 cm³/mol. The fourth-order valence-corrected chi connectivity index (χ4v) is 3.05. The molecule has 0 spiro atoms. The first-order valence-corrected chi connectivity index (χ1v) is 6.38. The number of carbonyl (C=O) groups is 1. The van der Waals surface area contributed by atoms with Crippen LogP contribution >= 0.6 is 0 Å². The first kappa shape index (κ1) is 11.9.